The fraction of sp³-hybridized carbons (Fsp3) is 0.625. The number of halogens is 4. The molecule has 0 aromatic rings. The second-order valence-electron chi connectivity index (χ2n) is 3.07. The minimum atomic E-state index is -4.93. The zero-order valence-electron chi connectivity index (χ0n) is 7.68. The maximum absolute atomic E-state index is 11.8. The van der Waals surface area contributed by atoms with E-state index in [2.05, 4.69) is 20.8 Å². The van der Waals surface area contributed by atoms with Crippen molar-refractivity contribution >= 4 is 21.9 Å². The van der Waals surface area contributed by atoms with Crippen LogP contribution in [-0.2, 0) is 9.63 Å². The molecular weight excluding hydrogens is 279 g/mol. The van der Waals surface area contributed by atoms with Crippen LogP contribution in [0, 0.1) is 0 Å². The van der Waals surface area contributed by atoms with Crippen LogP contribution in [0.2, 0.25) is 0 Å². The van der Waals surface area contributed by atoms with E-state index in [-0.39, 0.29) is 0 Å². The summed E-state index contributed by atoms with van der Waals surface area (Å²) in [6, 6.07) is 0. The smallest absolute Gasteiger partial charge is 0.361 e. The molecule has 15 heavy (non-hydrogen) atoms. The van der Waals surface area contributed by atoms with E-state index < -0.39 is 12.1 Å². The van der Waals surface area contributed by atoms with Crippen molar-refractivity contribution in [1.29, 1.82) is 0 Å². The third-order valence-electron chi connectivity index (χ3n) is 1.96. The summed E-state index contributed by atoms with van der Waals surface area (Å²) >= 11 is 3.15. The van der Waals surface area contributed by atoms with Gasteiger partial charge in [0.25, 0.3) is 0 Å². The number of hydroxylamine groups is 2. The maximum atomic E-state index is 11.8. The molecule has 0 aromatic heterocycles. The number of rotatable bonds is 1. The molecule has 0 amide bonds. The van der Waals surface area contributed by atoms with Gasteiger partial charge in [-0.1, -0.05) is 21.5 Å². The zero-order chi connectivity index (χ0) is 11.5. The van der Waals surface area contributed by atoms with Gasteiger partial charge in [-0.05, 0) is 17.8 Å². The van der Waals surface area contributed by atoms with Crippen LogP contribution in [0.5, 0.6) is 0 Å². The fourth-order valence-electron chi connectivity index (χ4n) is 1.14. The summed E-state index contributed by atoms with van der Waals surface area (Å²) in [5, 5.41) is 1.04. The van der Waals surface area contributed by atoms with Crippen molar-refractivity contribution < 1.29 is 22.8 Å². The van der Waals surface area contributed by atoms with Gasteiger partial charge in [0.05, 0.1) is 0 Å². The van der Waals surface area contributed by atoms with Gasteiger partial charge in [0.1, 0.15) is 0 Å². The number of carbonyl (C=O) groups excluding carboxylic acids is 1. The van der Waals surface area contributed by atoms with Gasteiger partial charge < -0.3 is 4.84 Å². The molecular formula is C8H9BrF3NO2. The van der Waals surface area contributed by atoms with Crippen molar-refractivity contribution in [2.75, 3.05) is 13.1 Å². The molecule has 1 fully saturated rings. The first-order valence-electron chi connectivity index (χ1n) is 4.25. The average Bonchev–Trinajstić information content (AvgIpc) is 2.17. The highest BCUT2D eigenvalue weighted by molar-refractivity contribution is 9.11. The minimum absolute atomic E-state index is 0.291. The molecule has 0 aliphatic carbocycles. The van der Waals surface area contributed by atoms with Crippen molar-refractivity contribution in [2.45, 2.75) is 19.0 Å². The van der Waals surface area contributed by atoms with E-state index in [9.17, 15) is 18.0 Å². The van der Waals surface area contributed by atoms with Gasteiger partial charge in [-0.25, -0.2) is 4.79 Å². The molecule has 0 atom stereocenters. The van der Waals surface area contributed by atoms with Crippen LogP contribution in [0.1, 0.15) is 12.8 Å². The van der Waals surface area contributed by atoms with Crippen LogP contribution in [0.3, 0.4) is 0 Å². The Morgan fingerprint density at radius 3 is 2.33 bits per heavy atom. The summed E-state index contributed by atoms with van der Waals surface area (Å²) in [5.41, 5.74) is 1.09. The Labute approximate surface area is 93.0 Å². The molecule has 0 radical (unpaired) electrons. The van der Waals surface area contributed by atoms with Gasteiger partial charge in [-0.2, -0.15) is 13.2 Å². The molecule has 86 valence electrons. The van der Waals surface area contributed by atoms with Gasteiger partial charge in [0, 0.05) is 13.1 Å². The quantitative estimate of drug-likeness (QED) is 0.742. The van der Waals surface area contributed by atoms with E-state index in [0.717, 1.165) is 10.6 Å². The summed E-state index contributed by atoms with van der Waals surface area (Å²) in [7, 11) is 0. The van der Waals surface area contributed by atoms with Crippen LogP contribution in [-0.4, -0.2) is 30.3 Å². The van der Waals surface area contributed by atoms with Crippen molar-refractivity contribution in [2.24, 2.45) is 0 Å². The average molecular weight is 288 g/mol. The van der Waals surface area contributed by atoms with Gasteiger partial charge in [0.2, 0.25) is 0 Å². The standard InChI is InChI=1S/C8H9BrF3NO2/c9-5-6-1-3-13(4-2-6)15-7(14)8(10,11)12/h5H,1-4H2. The van der Waals surface area contributed by atoms with Crippen LogP contribution in [0.25, 0.3) is 0 Å². The summed E-state index contributed by atoms with van der Waals surface area (Å²) in [4.78, 5) is 16.4. The predicted octanol–water partition coefficient (Wildman–Crippen LogP) is 2.38. The summed E-state index contributed by atoms with van der Waals surface area (Å²) in [6.07, 6.45) is -3.74. The second kappa shape index (κ2) is 4.98. The zero-order valence-corrected chi connectivity index (χ0v) is 9.27. The Bertz CT molecular complexity index is 268. The van der Waals surface area contributed by atoms with Gasteiger partial charge >= 0.3 is 12.1 Å². The van der Waals surface area contributed by atoms with Crippen LogP contribution in [0.15, 0.2) is 10.6 Å². The normalized spacial score (nSPS) is 18.8. The molecule has 1 aliphatic heterocycles. The van der Waals surface area contributed by atoms with Crippen molar-refractivity contribution in [1.82, 2.24) is 5.06 Å². The topological polar surface area (TPSA) is 29.5 Å². The Kier molecular flexibility index (Phi) is 4.15. The van der Waals surface area contributed by atoms with Gasteiger partial charge in [-0.15, -0.1) is 5.06 Å². The fourth-order valence-corrected chi connectivity index (χ4v) is 1.60. The number of hydrogen-bond donors (Lipinski definition) is 0. The summed E-state index contributed by atoms with van der Waals surface area (Å²) in [6.45, 7) is 0.582. The molecule has 1 heterocycles. The molecule has 0 saturated carbocycles. The molecule has 0 unspecified atom stereocenters. The lowest BCUT2D eigenvalue weighted by Crippen LogP contribution is -2.38. The number of piperidine rings is 1. The maximum Gasteiger partial charge on any atom is 0.492 e. The highest BCUT2D eigenvalue weighted by atomic mass is 79.9. The van der Waals surface area contributed by atoms with Crippen molar-refractivity contribution in [3.05, 3.63) is 10.6 Å². The number of carbonyl (C=O) groups is 1. The van der Waals surface area contributed by atoms with E-state index in [0.29, 0.717) is 25.9 Å². The van der Waals surface area contributed by atoms with E-state index in [1.807, 2.05) is 0 Å². The SMILES string of the molecule is O=C(ON1CCC(=CBr)CC1)C(F)(F)F. The van der Waals surface area contributed by atoms with Crippen LogP contribution < -0.4 is 0 Å². The lowest BCUT2D eigenvalue weighted by molar-refractivity contribution is -0.239. The Morgan fingerprint density at radius 2 is 1.93 bits per heavy atom. The van der Waals surface area contributed by atoms with E-state index in [1.165, 1.54) is 0 Å². The van der Waals surface area contributed by atoms with Crippen LogP contribution >= 0.6 is 15.9 Å². The first kappa shape index (κ1) is 12.5. The molecule has 1 rings (SSSR count). The molecule has 0 bridgehead atoms. The third-order valence-corrected chi connectivity index (χ3v) is 2.61. The first-order valence-corrected chi connectivity index (χ1v) is 5.17. The highest BCUT2D eigenvalue weighted by Crippen LogP contribution is 2.21. The minimum Gasteiger partial charge on any atom is -0.361 e. The lowest BCUT2D eigenvalue weighted by atomic mass is 10.1. The summed E-state index contributed by atoms with van der Waals surface area (Å²) < 4.78 is 35.5. The Morgan fingerprint density at radius 1 is 1.40 bits per heavy atom. The molecule has 0 N–H and O–H groups in total. The number of alkyl halides is 3. The first-order chi connectivity index (χ1) is 6.93. The second-order valence-corrected chi connectivity index (χ2v) is 3.53. The number of nitrogens with zero attached hydrogens (tertiary/aromatic N) is 1. The Balaban J connectivity index is 2.39. The summed E-state index contributed by atoms with van der Waals surface area (Å²) in [5.74, 6) is -2.16. The van der Waals surface area contributed by atoms with Crippen molar-refractivity contribution in [3.63, 3.8) is 0 Å². The predicted molar refractivity (Wildman–Crippen MR) is 50.0 cm³/mol. The van der Waals surface area contributed by atoms with Gasteiger partial charge in [-0.3, -0.25) is 0 Å². The number of hydrogen-bond acceptors (Lipinski definition) is 3. The molecule has 1 saturated heterocycles. The van der Waals surface area contributed by atoms with Crippen molar-refractivity contribution in [3.8, 4) is 0 Å². The van der Waals surface area contributed by atoms with E-state index in [4.69, 9.17) is 0 Å². The molecule has 7 heteroatoms. The molecule has 0 spiro atoms. The van der Waals surface area contributed by atoms with Crippen LogP contribution in [0.4, 0.5) is 13.2 Å². The molecule has 3 nitrogen and oxygen atoms in total. The molecule has 0 aromatic carbocycles. The highest BCUT2D eigenvalue weighted by Gasteiger charge is 2.42. The monoisotopic (exact) mass is 287 g/mol. The van der Waals surface area contributed by atoms with Gasteiger partial charge in [0.15, 0.2) is 0 Å². The molecule has 1 aliphatic rings. The lowest BCUT2D eigenvalue weighted by Gasteiger charge is -2.26. The third kappa shape index (κ3) is 3.83. The van der Waals surface area contributed by atoms with E-state index in [1.54, 1.807) is 4.99 Å². The Hall–Kier alpha value is -0.560. The largest absolute Gasteiger partial charge is 0.492 e. The van der Waals surface area contributed by atoms with E-state index >= 15 is 0 Å².